The third-order valence-electron chi connectivity index (χ3n) is 2.76. The largest absolute Gasteiger partial charge is 0.351 e. The second kappa shape index (κ2) is 8.35. The van der Waals surface area contributed by atoms with Crippen molar-refractivity contribution in [1.82, 2.24) is 15.2 Å². The Bertz CT molecular complexity index is 426. The summed E-state index contributed by atoms with van der Waals surface area (Å²) >= 11 is 11.6. The minimum atomic E-state index is -0.221. The molecule has 0 aromatic carbocycles. The monoisotopic (exact) mass is 303 g/mol. The number of nitrogens with zero attached hydrogens (tertiary/aromatic N) is 2. The van der Waals surface area contributed by atoms with Crippen molar-refractivity contribution in [3.8, 4) is 0 Å². The average molecular weight is 304 g/mol. The molecule has 0 aliphatic carbocycles. The molecule has 0 aliphatic rings. The summed E-state index contributed by atoms with van der Waals surface area (Å²) in [6, 6.07) is 3.13. The van der Waals surface area contributed by atoms with Crippen LogP contribution in [0.1, 0.15) is 30.6 Å². The Balaban J connectivity index is 2.47. The lowest BCUT2D eigenvalue weighted by Gasteiger charge is -2.19. The van der Waals surface area contributed by atoms with Crippen LogP contribution in [0.2, 0.25) is 10.3 Å². The maximum absolute atomic E-state index is 11.9. The van der Waals surface area contributed by atoms with Crippen molar-refractivity contribution in [3.05, 3.63) is 28.0 Å². The molecule has 0 saturated heterocycles. The van der Waals surface area contributed by atoms with Crippen LogP contribution in [0.3, 0.4) is 0 Å². The van der Waals surface area contributed by atoms with Gasteiger partial charge in [0.05, 0.1) is 5.56 Å². The van der Waals surface area contributed by atoms with E-state index in [4.69, 9.17) is 23.2 Å². The van der Waals surface area contributed by atoms with Crippen LogP contribution in [0.5, 0.6) is 0 Å². The summed E-state index contributed by atoms with van der Waals surface area (Å²) in [6.45, 7) is 7.68. The Morgan fingerprint density at radius 3 is 2.63 bits per heavy atom. The summed E-state index contributed by atoms with van der Waals surface area (Å²) in [7, 11) is 0. The van der Waals surface area contributed by atoms with E-state index in [1.165, 1.54) is 0 Å². The number of nitrogens with one attached hydrogen (secondary N) is 1. The molecule has 1 N–H and O–H groups in total. The summed E-state index contributed by atoms with van der Waals surface area (Å²) < 4.78 is 0. The molecular weight excluding hydrogens is 285 g/mol. The van der Waals surface area contributed by atoms with Crippen LogP contribution in [-0.4, -0.2) is 42.0 Å². The van der Waals surface area contributed by atoms with Crippen molar-refractivity contribution in [2.75, 3.05) is 26.2 Å². The van der Waals surface area contributed by atoms with Gasteiger partial charge in [-0.1, -0.05) is 37.0 Å². The van der Waals surface area contributed by atoms with E-state index < -0.39 is 0 Å². The van der Waals surface area contributed by atoms with Gasteiger partial charge in [0.25, 0.3) is 5.91 Å². The number of halogens is 2. The maximum atomic E-state index is 11.9. The third-order valence-corrected chi connectivity index (χ3v) is 3.26. The summed E-state index contributed by atoms with van der Waals surface area (Å²) in [5.41, 5.74) is 0.351. The molecular formula is C13H19Cl2N3O. The second-order valence-corrected chi connectivity index (χ2v) is 4.91. The zero-order chi connectivity index (χ0) is 14.3. The van der Waals surface area contributed by atoms with Gasteiger partial charge in [-0.2, -0.15) is 0 Å². The van der Waals surface area contributed by atoms with E-state index in [1.54, 1.807) is 12.1 Å². The molecule has 0 fully saturated rings. The van der Waals surface area contributed by atoms with Crippen LogP contribution in [0.15, 0.2) is 12.1 Å². The molecule has 6 heteroatoms. The molecule has 0 radical (unpaired) electrons. The quantitative estimate of drug-likeness (QED) is 0.788. The van der Waals surface area contributed by atoms with E-state index in [0.29, 0.717) is 12.1 Å². The first kappa shape index (κ1) is 16.2. The number of amides is 1. The molecule has 0 bridgehead atoms. The minimum Gasteiger partial charge on any atom is -0.351 e. The van der Waals surface area contributed by atoms with Crippen LogP contribution >= 0.6 is 23.2 Å². The summed E-state index contributed by atoms with van der Waals surface area (Å²) in [6.07, 6.45) is 1.11. The number of rotatable bonds is 7. The summed E-state index contributed by atoms with van der Waals surface area (Å²) in [5.74, 6) is -0.221. The molecule has 106 valence electrons. The first-order chi connectivity index (χ1) is 9.08. The van der Waals surface area contributed by atoms with Crippen molar-refractivity contribution in [2.24, 2.45) is 0 Å². The van der Waals surface area contributed by atoms with E-state index in [0.717, 1.165) is 26.1 Å². The van der Waals surface area contributed by atoms with Gasteiger partial charge < -0.3 is 10.2 Å². The molecule has 1 heterocycles. The Hall–Kier alpha value is -0.840. The zero-order valence-electron chi connectivity index (χ0n) is 11.2. The number of carbonyl (C=O) groups is 1. The lowest BCUT2D eigenvalue weighted by Crippen LogP contribution is -2.35. The lowest BCUT2D eigenvalue weighted by molar-refractivity contribution is 0.0948. The van der Waals surface area contributed by atoms with Gasteiger partial charge >= 0.3 is 0 Å². The van der Waals surface area contributed by atoms with Crippen molar-refractivity contribution < 1.29 is 4.79 Å². The minimum absolute atomic E-state index is 0.130. The molecule has 1 aromatic heterocycles. The summed E-state index contributed by atoms with van der Waals surface area (Å²) in [4.78, 5) is 18.0. The number of likely N-dealkylation sites (N-methyl/N-ethyl adjacent to an activating group) is 1. The molecule has 0 spiro atoms. The van der Waals surface area contributed by atoms with Crippen molar-refractivity contribution >= 4 is 29.1 Å². The van der Waals surface area contributed by atoms with Gasteiger partial charge in [0.15, 0.2) is 0 Å². The fraction of sp³-hybridized carbons (Fsp3) is 0.538. The van der Waals surface area contributed by atoms with Crippen LogP contribution in [0.25, 0.3) is 0 Å². The Labute approximate surface area is 124 Å². The number of hydrogen-bond acceptors (Lipinski definition) is 3. The Morgan fingerprint density at radius 2 is 2.05 bits per heavy atom. The zero-order valence-corrected chi connectivity index (χ0v) is 12.8. The number of carbonyl (C=O) groups excluding carboxylic acids is 1. The Morgan fingerprint density at radius 1 is 1.32 bits per heavy atom. The molecule has 19 heavy (non-hydrogen) atoms. The van der Waals surface area contributed by atoms with Gasteiger partial charge in [-0.3, -0.25) is 4.79 Å². The predicted octanol–water partition coefficient (Wildman–Crippen LogP) is 2.85. The van der Waals surface area contributed by atoms with Crippen LogP contribution < -0.4 is 5.32 Å². The average Bonchev–Trinajstić information content (AvgIpc) is 2.37. The standard InChI is InChI=1S/C13H19Cl2N3O/c1-3-8-18(4-2)9-7-16-13(19)10-5-6-11(14)17-12(10)15/h5-6H,3-4,7-9H2,1-2H3,(H,16,19). The molecule has 4 nitrogen and oxygen atoms in total. The van der Waals surface area contributed by atoms with E-state index >= 15 is 0 Å². The first-order valence-corrected chi connectivity index (χ1v) is 7.16. The highest BCUT2D eigenvalue weighted by atomic mass is 35.5. The SMILES string of the molecule is CCCN(CC)CCNC(=O)c1ccc(Cl)nc1Cl. The Kier molecular flexibility index (Phi) is 7.13. The highest BCUT2D eigenvalue weighted by Crippen LogP contribution is 2.16. The van der Waals surface area contributed by atoms with Gasteiger partial charge in [-0.05, 0) is 31.6 Å². The fourth-order valence-corrected chi connectivity index (χ4v) is 2.18. The second-order valence-electron chi connectivity index (χ2n) is 4.16. The molecule has 1 amide bonds. The first-order valence-electron chi connectivity index (χ1n) is 6.41. The predicted molar refractivity (Wildman–Crippen MR) is 79.0 cm³/mol. The van der Waals surface area contributed by atoms with Crippen molar-refractivity contribution in [1.29, 1.82) is 0 Å². The highest BCUT2D eigenvalue weighted by molar-refractivity contribution is 6.34. The smallest absolute Gasteiger partial charge is 0.254 e. The van der Waals surface area contributed by atoms with Gasteiger partial charge in [0, 0.05) is 13.1 Å². The fourth-order valence-electron chi connectivity index (χ4n) is 1.75. The van der Waals surface area contributed by atoms with Gasteiger partial charge in [0.2, 0.25) is 0 Å². The lowest BCUT2D eigenvalue weighted by atomic mass is 10.2. The van der Waals surface area contributed by atoms with Crippen LogP contribution in [0.4, 0.5) is 0 Å². The van der Waals surface area contributed by atoms with Crippen LogP contribution in [-0.2, 0) is 0 Å². The van der Waals surface area contributed by atoms with E-state index in [-0.39, 0.29) is 16.2 Å². The molecule has 1 aromatic rings. The van der Waals surface area contributed by atoms with Crippen molar-refractivity contribution in [2.45, 2.75) is 20.3 Å². The number of pyridine rings is 1. The van der Waals surface area contributed by atoms with Gasteiger partial charge in [-0.15, -0.1) is 0 Å². The van der Waals surface area contributed by atoms with E-state index in [2.05, 4.69) is 29.0 Å². The normalized spacial score (nSPS) is 10.8. The number of hydrogen-bond donors (Lipinski definition) is 1. The van der Waals surface area contributed by atoms with Crippen molar-refractivity contribution in [3.63, 3.8) is 0 Å². The highest BCUT2D eigenvalue weighted by Gasteiger charge is 2.11. The van der Waals surface area contributed by atoms with Gasteiger partial charge in [-0.25, -0.2) is 4.98 Å². The topological polar surface area (TPSA) is 45.2 Å². The van der Waals surface area contributed by atoms with Crippen LogP contribution in [0, 0.1) is 0 Å². The maximum Gasteiger partial charge on any atom is 0.254 e. The molecule has 0 atom stereocenters. The molecule has 0 saturated carbocycles. The molecule has 0 unspecified atom stereocenters. The third kappa shape index (κ3) is 5.35. The molecule has 1 rings (SSSR count). The van der Waals surface area contributed by atoms with E-state index in [9.17, 15) is 4.79 Å². The number of aromatic nitrogens is 1. The van der Waals surface area contributed by atoms with Gasteiger partial charge in [0.1, 0.15) is 10.3 Å². The molecule has 0 aliphatic heterocycles. The van der Waals surface area contributed by atoms with E-state index in [1.807, 2.05) is 0 Å². The summed E-state index contributed by atoms with van der Waals surface area (Å²) in [5, 5.41) is 3.24.